The van der Waals surface area contributed by atoms with Crippen LogP contribution < -0.4 is 5.73 Å². The van der Waals surface area contributed by atoms with Gasteiger partial charge in [0.2, 0.25) is 0 Å². The van der Waals surface area contributed by atoms with Crippen LogP contribution >= 0.6 is 0 Å². The van der Waals surface area contributed by atoms with Crippen LogP contribution in [0.4, 0.5) is 5.82 Å². The SMILES string of the molecule is CCc1ccc2c(N)n(-c3ccccc3)nc2c1. The Morgan fingerprint density at radius 2 is 1.89 bits per heavy atom. The van der Waals surface area contributed by atoms with E-state index >= 15 is 0 Å². The van der Waals surface area contributed by atoms with E-state index in [4.69, 9.17) is 5.73 Å². The average molecular weight is 237 g/mol. The molecule has 0 saturated carbocycles. The quantitative estimate of drug-likeness (QED) is 0.744. The number of hydrogen-bond donors (Lipinski definition) is 1. The summed E-state index contributed by atoms with van der Waals surface area (Å²) in [5, 5.41) is 5.59. The molecule has 0 amide bonds. The van der Waals surface area contributed by atoms with Gasteiger partial charge in [0.25, 0.3) is 0 Å². The Morgan fingerprint density at radius 3 is 2.61 bits per heavy atom. The van der Waals surface area contributed by atoms with Crippen LogP contribution in [0.5, 0.6) is 0 Å². The molecule has 1 aromatic heterocycles. The lowest BCUT2D eigenvalue weighted by atomic mass is 10.1. The van der Waals surface area contributed by atoms with E-state index < -0.39 is 0 Å². The molecule has 18 heavy (non-hydrogen) atoms. The Bertz CT molecular complexity index is 684. The van der Waals surface area contributed by atoms with Crippen molar-refractivity contribution in [3.05, 3.63) is 54.1 Å². The van der Waals surface area contributed by atoms with Gasteiger partial charge in [-0.3, -0.25) is 0 Å². The summed E-state index contributed by atoms with van der Waals surface area (Å²) in [6.07, 6.45) is 1.01. The highest BCUT2D eigenvalue weighted by Crippen LogP contribution is 2.24. The first kappa shape index (κ1) is 10.8. The van der Waals surface area contributed by atoms with E-state index in [1.807, 2.05) is 30.3 Å². The number of nitrogen functional groups attached to an aromatic ring is 1. The molecule has 0 bridgehead atoms. The van der Waals surface area contributed by atoms with Gasteiger partial charge < -0.3 is 5.73 Å². The number of nitrogens with two attached hydrogens (primary N) is 1. The molecule has 0 aliphatic heterocycles. The molecule has 0 radical (unpaired) electrons. The van der Waals surface area contributed by atoms with Crippen LogP contribution in [0.3, 0.4) is 0 Å². The summed E-state index contributed by atoms with van der Waals surface area (Å²) in [5.41, 5.74) is 9.39. The van der Waals surface area contributed by atoms with E-state index in [9.17, 15) is 0 Å². The topological polar surface area (TPSA) is 43.8 Å². The third kappa shape index (κ3) is 1.64. The molecule has 0 unspecified atom stereocenters. The summed E-state index contributed by atoms with van der Waals surface area (Å²) in [5.74, 6) is 0.693. The zero-order valence-electron chi connectivity index (χ0n) is 10.3. The lowest BCUT2D eigenvalue weighted by Crippen LogP contribution is -2.00. The minimum atomic E-state index is 0.693. The molecule has 0 atom stereocenters. The fraction of sp³-hybridized carbons (Fsp3) is 0.133. The summed E-state index contributed by atoms with van der Waals surface area (Å²) in [4.78, 5) is 0. The highest BCUT2D eigenvalue weighted by molar-refractivity contribution is 5.90. The number of aromatic nitrogens is 2. The van der Waals surface area contributed by atoms with Crippen molar-refractivity contribution in [2.45, 2.75) is 13.3 Å². The van der Waals surface area contributed by atoms with Crippen molar-refractivity contribution in [3.63, 3.8) is 0 Å². The summed E-state index contributed by atoms with van der Waals surface area (Å²) in [6.45, 7) is 2.14. The van der Waals surface area contributed by atoms with Crippen LogP contribution in [0, 0.1) is 0 Å². The summed E-state index contributed by atoms with van der Waals surface area (Å²) < 4.78 is 1.80. The van der Waals surface area contributed by atoms with Crippen LogP contribution in [-0.4, -0.2) is 9.78 Å². The van der Waals surface area contributed by atoms with Gasteiger partial charge in [-0.25, -0.2) is 4.68 Å². The molecule has 3 heteroatoms. The van der Waals surface area contributed by atoms with Crippen molar-refractivity contribution in [2.24, 2.45) is 0 Å². The van der Waals surface area contributed by atoms with E-state index in [1.54, 1.807) is 4.68 Å². The lowest BCUT2D eigenvalue weighted by Gasteiger charge is -2.02. The van der Waals surface area contributed by atoms with E-state index in [0.29, 0.717) is 5.82 Å². The number of nitrogens with zero attached hydrogens (tertiary/aromatic N) is 2. The highest BCUT2D eigenvalue weighted by atomic mass is 15.3. The fourth-order valence-electron chi connectivity index (χ4n) is 2.14. The summed E-state index contributed by atoms with van der Waals surface area (Å²) in [7, 11) is 0. The second-order valence-electron chi connectivity index (χ2n) is 4.34. The van der Waals surface area contributed by atoms with Crippen molar-refractivity contribution in [1.29, 1.82) is 0 Å². The lowest BCUT2D eigenvalue weighted by molar-refractivity contribution is 0.907. The molecule has 0 spiro atoms. The van der Waals surface area contributed by atoms with Gasteiger partial charge in [-0.2, -0.15) is 5.10 Å². The van der Waals surface area contributed by atoms with Crippen molar-refractivity contribution < 1.29 is 0 Å². The third-order valence-corrected chi connectivity index (χ3v) is 3.18. The molecule has 0 aliphatic rings. The number of anilines is 1. The molecule has 0 saturated heterocycles. The van der Waals surface area contributed by atoms with E-state index in [-0.39, 0.29) is 0 Å². The monoisotopic (exact) mass is 237 g/mol. The van der Waals surface area contributed by atoms with Gasteiger partial charge in [0, 0.05) is 5.39 Å². The largest absolute Gasteiger partial charge is 0.383 e. The number of rotatable bonds is 2. The van der Waals surface area contributed by atoms with Crippen LogP contribution in [0.15, 0.2) is 48.5 Å². The third-order valence-electron chi connectivity index (χ3n) is 3.18. The number of benzene rings is 2. The van der Waals surface area contributed by atoms with E-state index in [1.165, 1.54) is 5.56 Å². The molecule has 1 heterocycles. The molecular weight excluding hydrogens is 222 g/mol. The van der Waals surface area contributed by atoms with E-state index in [0.717, 1.165) is 23.0 Å². The Balaban J connectivity index is 2.23. The minimum Gasteiger partial charge on any atom is -0.383 e. The predicted molar refractivity (Wildman–Crippen MR) is 74.9 cm³/mol. The van der Waals surface area contributed by atoms with Crippen LogP contribution in [0.25, 0.3) is 16.6 Å². The molecule has 3 aromatic rings. The van der Waals surface area contributed by atoms with Crippen LogP contribution in [0.1, 0.15) is 12.5 Å². The maximum atomic E-state index is 6.16. The van der Waals surface area contributed by atoms with Crippen LogP contribution in [-0.2, 0) is 6.42 Å². The fourth-order valence-corrected chi connectivity index (χ4v) is 2.14. The average Bonchev–Trinajstić information content (AvgIpc) is 2.76. The zero-order chi connectivity index (χ0) is 12.5. The van der Waals surface area contributed by atoms with Crippen molar-refractivity contribution in [2.75, 3.05) is 5.73 Å². The smallest absolute Gasteiger partial charge is 0.135 e. The molecule has 0 fully saturated rings. The molecule has 3 rings (SSSR count). The Labute approximate surface area is 106 Å². The van der Waals surface area contributed by atoms with Gasteiger partial charge in [0.1, 0.15) is 5.82 Å². The molecule has 2 N–H and O–H groups in total. The first-order chi connectivity index (χ1) is 8.79. The molecular formula is C15H15N3. The van der Waals surface area contributed by atoms with Crippen molar-refractivity contribution in [1.82, 2.24) is 9.78 Å². The molecule has 3 nitrogen and oxygen atoms in total. The van der Waals surface area contributed by atoms with Gasteiger partial charge in [0.15, 0.2) is 0 Å². The second-order valence-corrected chi connectivity index (χ2v) is 4.34. The Kier molecular flexibility index (Phi) is 2.52. The number of hydrogen-bond acceptors (Lipinski definition) is 2. The summed E-state index contributed by atoms with van der Waals surface area (Å²) in [6, 6.07) is 16.2. The minimum absolute atomic E-state index is 0.693. The maximum Gasteiger partial charge on any atom is 0.135 e. The first-order valence-corrected chi connectivity index (χ1v) is 6.12. The van der Waals surface area contributed by atoms with Crippen molar-refractivity contribution >= 4 is 16.7 Å². The molecule has 2 aromatic carbocycles. The standard InChI is InChI=1S/C15H15N3/c1-2-11-8-9-13-14(10-11)17-18(15(13)16)12-6-4-3-5-7-12/h3-10H,2,16H2,1H3. The number of aryl methyl sites for hydroxylation is 1. The highest BCUT2D eigenvalue weighted by Gasteiger charge is 2.09. The summed E-state index contributed by atoms with van der Waals surface area (Å²) >= 11 is 0. The first-order valence-electron chi connectivity index (χ1n) is 6.12. The van der Waals surface area contributed by atoms with Gasteiger partial charge in [0.05, 0.1) is 11.2 Å². The Hall–Kier alpha value is -2.29. The van der Waals surface area contributed by atoms with Crippen molar-refractivity contribution in [3.8, 4) is 5.69 Å². The number of fused-ring (bicyclic) bond motifs is 1. The van der Waals surface area contributed by atoms with Crippen LogP contribution in [0.2, 0.25) is 0 Å². The van der Waals surface area contributed by atoms with Gasteiger partial charge in [-0.1, -0.05) is 31.2 Å². The predicted octanol–water partition coefficient (Wildman–Crippen LogP) is 3.17. The Morgan fingerprint density at radius 1 is 1.11 bits per heavy atom. The van der Waals surface area contributed by atoms with Gasteiger partial charge in [-0.15, -0.1) is 0 Å². The normalized spacial score (nSPS) is 10.9. The maximum absolute atomic E-state index is 6.16. The van der Waals surface area contributed by atoms with Gasteiger partial charge >= 0.3 is 0 Å². The zero-order valence-corrected chi connectivity index (χ0v) is 10.3. The molecule has 0 aliphatic carbocycles. The molecule has 90 valence electrons. The van der Waals surface area contributed by atoms with Gasteiger partial charge in [-0.05, 0) is 36.2 Å². The number of para-hydroxylation sites is 1. The second kappa shape index (κ2) is 4.18. The van der Waals surface area contributed by atoms with E-state index in [2.05, 4.69) is 30.2 Å².